The Morgan fingerprint density at radius 3 is 2.48 bits per heavy atom. The maximum atomic E-state index is 12.3. The van der Waals surface area contributed by atoms with Gasteiger partial charge in [-0.2, -0.15) is 0 Å². The summed E-state index contributed by atoms with van der Waals surface area (Å²) in [6, 6.07) is 14.3. The first kappa shape index (κ1) is 15.7. The molecule has 3 nitrogen and oxygen atoms in total. The summed E-state index contributed by atoms with van der Waals surface area (Å²) in [5.74, 6) is -0.426. The van der Waals surface area contributed by atoms with E-state index in [0.717, 1.165) is 0 Å². The minimum Gasteiger partial charge on any atom is -0.467 e. The second kappa shape index (κ2) is 6.37. The number of hydrogen-bond donors (Lipinski definition) is 1. The van der Waals surface area contributed by atoms with Gasteiger partial charge in [0, 0.05) is 5.02 Å². The minimum absolute atomic E-state index is 0.426. The van der Waals surface area contributed by atoms with Crippen LogP contribution in [0.2, 0.25) is 10.0 Å². The lowest BCUT2D eigenvalue weighted by Gasteiger charge is -2.30. The predicted molar refractivity (Wildman–Crippen MR) is 85.9 cm³/mol. The molecule has 0 heterocycles. The fourth-order valence-electron chi connectivity index (χ4n) is 2.08. The molecule has 0 amide bonds. The van der Waals surface area contributed by atoms with E-state index in [1.807, 2.05) is 18.2 Å². The van der Waals surface area contributed by atoms with Gasteiger partial charge in [0.1, 0.15) is 0 Å². The summed E-state index contributed by atoms with van der Waals surface area (Å²) in [5, 5.41) is 4.22. The van der Waals surface area contributed by atoms with Crippen LogP contribution >= 0.6 is 23.2 Å². The second-order valence-corrected chi connectivity index (χ2v) is 5.58. The molecule has 0 aromatic heterocycles. The summed E-state index contributed by atoms with van der Waals surface area (Å²) < 4.78 is 4.93. The van der Waals surface area contributed by atoms with Crippen LogP contribution in [0.15, 0.2) is 48.5 Å². The van der Waals surface area contributed by atoms with Crippen molar-refractivity contribution in [3.05, 3.63) is 64.1 Å². The van der Waals surface area contributed by atoms with Crippen LogP contribution in [-0.2, 0) is 15.1 Å². The Balaban J connectivity index is 2.48. The molecule has 0 spiro atoms. The molecule has 0 radical (unpaired) electrons. The first-order chi connectivity index (χ1) is 9.97. The van der Waals surface area contributed by atoms with Crippen LogP contribution in [0.5, 0.6) is 0 Å². The molecule has 1 unspecified atom stereocenters. The van der Waals surface area contributed by atoms with E-state index in [4.69, 9.17) is 27.9 Å². The maximum Gasteiger partial charge on any atom is 0.335 e. The van der Waals surface area contributed by atoms with Gasteiger partial charge in [-0.05, 0) is 36.8 Å². The van der Waals surface area contributed by atoms with Crippen molar-refractivity contribution in [3.63, 3.8) is 0 Å². The molecule has 110 valence electrons. The smallest absolute Gasteiger partial charge is 0.335 e. The van der Waals surface area contributed by atoms with Gasteiger partial charge >= 0.3 is 5.97 Å². The Morgan fingerprint density at radius 1 is 1.14 bits per heavy atom. The molecule has 1 N–H and O–H groups in total. The van der Waals surface area contributed by atoms with E-state index in [0.29, 0.717) is 21.3 Å². The van der Waals surface area contributed by atoms with Crippen molar-refractivity contribution < 1.29 is 9.53 Å². The summed E-state index contributed by atoms with van der Waals surface area (Å²) >= 11 is 12.2. The average Bonchev–Trinajstić information content (AvgIpc) is 2.48. The van der Waals surface area contributed by atoms with Crippen molar-refractivity contribution in [1.82, 2.24) is 0 Å². The third kappa shape index (κ3) is 3.31. The van der Waals surface area contributed by atoms with Crippen LogP contribution < -0.4 is 5.32 Å². The van der Waals surface area contributed by atoms with Crippen molar-refractivity contribution in [2.45, 2.75) is 12.5 Å². The number of nitrogens with one attached hydrogen (secondary N) is 1. The highest BCUT2D eigenvalue weighted by Crippen LogP contribution is 2.32. The van der Waals surface area contributed by atoms with Crippen LogP contribution in [0.4, 0.5) is 5.69 Å². The first-order valence-electron chi connectivity index (χ1n) is 6.34. The molecule has 0 aliphatic heterocycles. The molecule has 0 aliphatic rings. The Bertz CT molecular complexity index is 660. The highest BCUT2D eigenvalue weighted by atomic mass is 35.5. The zero-order valence-corrected chi connectivity index (χ0v) is 13.2. The molecule has 2 aromatic carbocycles. The Hall–Kier alpha value is -1.71. The number of hydrogen-bond acceptors (Lipinski definition) is 3. The number of para-hydroxylation sites is 1. The van der Waals surface area contributed by atoms with E-state index >= 15 is 0 Å². The van der Waals surface area contributed by atoms with E-state index in [-0.39, 0.29) is 0 Å². The number of rotatable bonds is 4. The van der Waals surface area contributed by atoms with Gasteiger partial charge in [-0.1, -0.05) is 47.5 Å². The van der Waals surface area contributed by atoms with Gasteiger partial charge in [-0.15, -0.1) is 0 Å². The van der Waals surface area contributed by atoms with E-state index < -0.39 is 11.5 Å². The van der Waals surface area contributed by atoms with Gasteiger partial charge in [-0.3, -0.25) is 0 Å². The van der Waals surface area contributed by atoms with Crippen molar-refractivity contribution in [1.29, 1.82) is 0 Å². The van der Waals surface area contributed by atoms with Gasteiger partial charge < -0.3 is 10.1 Å². The van der Waals surface area contributed by atoms with Crippen molar-refractivity contribution >= 4 is 34.9 Å². The normalized spacial score (nSPS) is 13.3. The van der Waals surface area contributed by atoms with Crippen LogP contribution in [-0.4, -0.2) is 13.1 Å². The lowest BCUT2D eigenvalue weighted by molar-refractivity contribution is -0.145. The van der Waals surface area contributed by atoms with Crippen molar-refractivity contribution in [3.8, 4) is 0 Å². The first-order valence-corrected chi connectivity index (χ1v) is 7.10. The number of halogens is 2. The molecule has 0 bridgehead atoms. The number of carbonyl (C=O) groups is 1. The molecule has 0 aliphatic carbocycles. The van der Waals surface area contributed by atoms with Crippen LogP contribution in [0.1, 0.15) is 12.5 Å². The molecule has 0 saturated heterocycles. The van der Waals surface area contributed by atoms with Crippen molar-refractivity contribution in [2.24, 2.45) is 0 Å². The lowest BCUT2D eigenvalue weighted by Crippen LogP contribution is -2.41. The molecular formula is C16H15Cl2NO2. The molecular weight excluding hydrogens is 309 g/mol. The number of anilines is 1. The zero-order chi connectivity index (χ0) is 15.5. The summed E-state index contributed by atoms with van der Waals surface area (Å²) in [6.45, 7) is 1.73. The largest absolute Gasteiger partial charge is 0.467 e. The summed E-state index contributed by atoms with van der Waals surface area (Å²) in [4.78, 5) is 12.3. The number of methoxy groups -OCH3 is 1. The van der Waals surface area contributed by atoms with E-state index in [1.165, 1.54) is 7.11 Å². The Labute approximate surface area is 133 Å². The van der Waals surface area contributed by atoms with Gasteiger partial charge in [0.15, 0.2) is 5.54 Å². The minimum atomic E-state index is -1.09. The monoisotopic (exact) mass is 323 g/mol. The fraction of sp³-hybridized carbons (Fsp3) is 0.188. The molecule has 21 heavy (non-hydrogen) atoms. The number of carbonyl (C=O) groups excluding carboxylic acids is 1. The SMILES string of the molecule is COC(=O)C(C)(Nc1ccccc1Cl)c1cccc(Cl)c1. The van der Waals surface area contributed by atoms with Gasteiger partial charge in [0.2, 0.25) is 0 Å². The highest BCUT2D eigenvalue weighted by molar-refractivity contribution is 6.33. The predicted octanol–water partition coefficient (Wildman–Crippen LogP) is 4.49. The Morgan fingerprint density at radius 2 is 1.86 bits per heavy atom. The third-order valence-corrected chi connectivity index (χ3v) is 3.82. The van der Waals surface area contributed by atoms with Crippen LogP contribution in [0, 0.1) is 0 Å². The van der Waals surface area contributed by atoms with Crippen LogP contribution in [0.3, 0.4) is 0 Å². The van der Waals surface area contributed by atoms with E-state index in [9.17, 15) is 4.79 Å². The standard InChI is InChI=1S/C16H15Cl2NO2/c1-16(15(20)21-2,11-6-5-7-12(17)10-11)19-14-9-4-3-8-13(14)18/h3-10,19H,1-2H3. The summed E-state index contributed by atoms with van der Waals surface area (Å²) in [6.07, 6.45) is 0. The van der Waals surface area contributed by atoms with Crippen molar-refractivity contribution in [2.75, 3.05) is 12.4 Å². The van der Waals surface area contributed by atoms with Gasteiger partial charge in [-0.25, -0.2) is 4.79 Å². The molecule has 1 atom stereocenters. The van der Waals surface area contributed by atoms with Gasteiger partial charge in [0.05, 0.1) is 17.8 Å². The third-order valence-electron chi connectivity index (χ3n) is 3.25. The lowest BCUT2D eigenvalue weighted by atomic mass is 9.91. The zero-order valence-electron chi connectivity index (χ0n) is 11.7. The Kier molecular flexibility index (Phi) is 4.76. The highest BCUT2D eigenvalue weighted by Gasteiger charge is 2.37. The number of ether oxygens (including phenoxy) is 1. The van der Waals surface area contributed by atoms with E-state index in [2.05, 4.69) is 5.32 Å². The summed E-state index contributed by atoms with van der Waals surface area (Å²) in [7, 11) is 1.35. The molecule has 0 saturated carbocycles. The average molecular weight is 324 g/mol. The van der Waals surface area contributed by atoms with E-state index in [1.54, 1.807) is 37.3 Å². The topological polar surface area (TPSA) is 38.3 Å². The molecule has 2 aromatic rings. The second-order valence-electron chi connectivity index (χ2n) is 4.73. The molecule has 2 rings (SSSR count). The maximum absolute atomic E-state index is 12.3. The quantitative estimate of drug-likeness (QED) is 0.842. The fourth-order valence-corrected chi connectivity index (χ4v) is 2.45. The number of esters is 1. The van der Waals surface area contributed by atoms with Gasteiger partial charge in [0.25, 0.3) is 0 Å². The molecule has 5 heteroatoms. The van der Waals surface area contributed by atoms with Crippen LogP contribution in [0.25, 0.3) is 0 Å². The summed E-state index contributed by atoms with van der Waals surface area (Å²) in [5.41, 5.74) is 0.249. The molecule has 0 fully saturated rings. The number of benzene rings is 2.